The zero-order valence-electron chi connectivity index (χ0n) is 14.9. The summed E-state index contributed by atoms with van der Waals surface area (Å²) in [6.07, 6.45) is 2.53. The molecular weight excluding hydrogens is 348 g/mol. The van der Waals surface area contributed by atoms with Gasteiger partial charge < -0.3 is 4.98 Å². The van der Waals surface area contributed by atoms with Gasteiger partial charge in [0.25, 0.3) is 5.56 Å². The van der Waals surface area contributed by atoms with E-state index in [2.05, 4.69) is 27.4 Å². The molecule has 134 valence electrons. The van der Waals surface area contributed by atoms with Gasteiger partial charge in [-0.25, -0.2) is 10.4 Å². The summed E-state index contributed by atoms with van der Waals surface area (Å²) in [4.78, 5) is 33.0. The number of hydrogen-bond acceptors (Lipinski definition) is 5. The van der Waals surface area contributed by atoms with E-state index >= 15 is 0 Å². The number of aromatic nitrogens is 2. The summed E-state index contributed by atoms with van der Waals surface area (Å²) in [5.74, 6) is 0.00248. The summed E-state index contributed by atoms with van der Waals surface area (Å²) in [7, 11) is 0. The molecule has 7 heteroatoms. The number of aryl methyl sites for hydroxylation is 3. The molecule has 2 heterocycles. The van der Waals surface area contributed by atoms with Crippen molar-refractivity contribution < 1.29 is 4.79 Å². The molecule has 0 unspecified atom stereocenters. The predicted octanol–water partition coefficient (Wildman–Crippen LogP) is 2.86. The van der Waals surface area contributed by atoms with Crippen molar-refractivity contribution >= 4 is 33.7 Å². The Kier molecular flexibility index (Phi) is 5.27. The number of carbonyl (C=O) groups excluding carboxylic acids is 1. The molecule has 0 spiro atoms. The number of nitrogens with zero attached hydrogens (tertiary/aromatic N) is 2. The van der Waals surface area contributed by atoms with Crippen LogP contribution in [0.1, 0.15) is 34.3 Å². The Bertz CT molecular complexity index is 1030. The Hall–Kier alpha value is -2.80. The lowest BCUT2D eigenvalue weighted by Gasteiger charge is -2.01. The molecule has 0 bridgehead atoms. The van der Waals surface area contributed by atoms with Gasteiger partial charge in [-0.2, -0.15) is 5.10 Å². The highest BCUT2D eigenvalue weighted by molar-refractivity contribution is 7.18. The molecule has 0 saturated carbocycles. The molecule has 0 fully saturated rings. The molecule has 0 aliphatic heterocycles. The fourth-order valence-electron chi connectivity index (χ4n) is 2.59. The van der Waals surface area contributed by atoms with Crippen molar-refractivity contribution in [2.24, 2.45) is 5.10 Å². The number of carbonyl (C=O) groups is 1. The molecule has 3 aromatic rings. The van der Waals surface area contributed by atoms with E-state index < -0.39 is 0 Å². The summed E-state index contributed by atoms with van der Waals surface area (Å²) in [6, 6.07) is 7.95. The summed E-state index contributed by atoms with van der Waals surface area (Å²) < 4.78 is 0. The van der Waals surface area contributed by atoms with Crippen molar-refractivity contribution in [3.63, 3.8) is 0 Å². The smallest absolute Gasteiger partial charge is 0.259 e. The van der Waals surface area contributed by atoms with E-state index in [-0.39, 0.29) is 17.9 Å². The van der Waals surface area contributed by atoms with Gasteiger partial charge in [0.15, 0.2) is 0 Å². The first-order chi connectivity index (χ1) is 12.5. The molecule has 0 radical (unpaired) electrons. The average molecular weight is 368 g/mol. The number of benzene rings is 1. The molecule has 6 nitrogen and oxygen atoms in total. The van der Waals surface area contributed by atoms with Crippen LogP contribution in [-0.4, -0.2) is 22.1 Å². The number of rotatable bonds is 5. The Labute approximate surface area is 155 Å². The van der Waals surface area contributed by atoms with Gasteiger partial charge >= 0.3 is 0 Å². The van der Waals surface area contributed by atoms with Gasteiger partial charge in [0.1, 0.15) is 10.7 Å². The third-order valence-corrected chi connectivity index (χ3v) is 5.31. The molecule has 1 aromatic carbocycles. The van der Waals surface area contributed by atoms with E-state index in [0.717, 1.165) is 22.4 Å². The molecule has 26 heavy (non-hydrogen) atoms. The summed E-state index contributed by atoms with van der Waals surface area (Å²) in [5, 5.41) is 4.56. The van der Waals surface area contributed by atoms with Crippen LogP contribution in [0, 0.1) is 13.8 Å². The summed E-state index contributed by atoms with van der Waals surface area (Å²) in [6.45, 7) is 5.95. The first-order valence-electron chi connectivity index (χ1n) is 8.37. The number of nitrogens with one attached hydrogen (secondary N) is 2. The number of hydrazone groups is 1. The number of H-pyrrole nitrogens is 1. The Morgan fingerprint density at radius 3 is 2.73 bits per heavy atom. The fourth-order valence-corrected chi connectivity index (χ4v) is 3.64. The van der Waals surface area contributed by atoms with Crippen LogP contribution in [0.3, 0.4) is 0 Å². The number of fused-ring (bicyclic) bond motifs is 1. The molecular formula is C19H20N4O2S. The van der Waals surface area contributed by atoms with Gasteiger partial charge in [0.05, 0.1) is 18.0 Å². The van der Waals surface area contributed by atoms with Crippen LogP contribution in [0.5, 0.6) is 0 Å². The topological polar surface area (TPSA) is 87.2 Å². The number of aromatic amines is 1. The maximum Gasteiger partial charge on any atom is 0.259 e. The van der Waals surface area contributed by atoms with Crippen LogP contribution in [0.25, 0.3) is 10.2 Å². The standard InChI is InChI=1S/C19H20N4O2S/c1-4-13-5-7-14(8-6-13)10-20-23-16(24)9-15-21-18(25)17-11(2)12(3)26-19(17)22-15/h5-8,10H,4,9H2,1-3H3,(H,23,24)(H,21,22,25)/b20-10+. The summed E-state index contributed by atoms with van der Waals surface area (Å²) in [5.41, 5.74) is 5.34. The Morgan fingerprint density at radius 2 is 2.04 bits per heavy atom. The normalized spacial score (nSPS) is 11.3. The number of hydrogen-bond donors (Lipinski definition) is 2. The van der Waals surface area contributed by atoms with Crippen molar-refractivity contribution in [3.05, 3.63) is 62.0 Å². The van der Waals surface area contributed by atoms with Crippen molar-refractivity contribution in [1.82, 2.24) is 15.4 Å². The first-order valence-corrected chi connectivity index (χ1v) is 9.19. The lowest BCUT2D eigenvalue weighted by atomic mass is 10.1. The second-order valence-corrected chi connectivity index (χ2v) is 7.24. The highest BCUT2D eigenvalue weighted by Gasteiger charge is 2.13. The van der Waals surface area contributed by atoms with Gasteiger partial charge in [-0.3, -0.25) is 9.59 Å². The van der Waals surface area contributed by atoms with Gasteiger partial charge in [-0.1, -0.05) is 31.2 Å². The minimum absolute atomic E-state index is 0.0344. The van der Waals surface area contributed by atoms with Gasteiger partial charge in [-0.15, -0.1) is 11.3 Å². The van der Waals surface area contributed by atoms with E-state index in [1.807, 2.05) is 38.1 Å². The third-order valence-electron chi connectivity index (χ3n) is 4.21. The van der Waals surface area contributed by atoms with E-state index in [9.17, 15) is 9.59 Å². The summed E-state index contributed by atoms with van der Waals surface area (Å²) >= 11 is 1.46. The second kappa shape index (κ2) is 7.61. The molecule has 2 aromatic heterocycles. The van der Waals surface area contributed by atoms with Crippen molar-refractivity contribution in [2.75, 3.05) is 0 Å². The molecule has 0 atom stereocenters. The van der Waals surface area contributed by atoms with Crippen LogP contribution in [0.2, 0.25) is 0 Å². The zero-order valence-corrected chi connectivity index (χ0v) is 15.7. The quantitative estimate of drug-likeness (QED) is 0.536. The minimum atomic E-state index is -0.334. The molecule has 3 rings (SSSR count). The van der Waals surface area contributed by atoms with Crippen LogP contribution in [0.15, 0.2) is 34.2 Å². The van der Waals surface area contributed by atoms with Crippen LogP contribution < -0.4 is 11.0 Å². The van der Waals surface area contributed by atoms with Gasteiger partial charge in [-0.05, 0) is 37.0 Å². The van der Waals surface area contributed by atoms with Gasteiger partial charge in [0.2, 0.25) is 5.91 Å². The highest BCUT2D eigenvalue weighted by atomic mass is 32.1. The van der Waals surface area contributed by atoms with Crippen molar-refractivity contribution in [1.29, 1.82) is 0 Å². The maximum atomic E-state index is 12.2. The Balaban J connectivity index is 1.67. The van der Waals surface area contributed by atoms with Crippen molar-refractivity contribution in [3.8, 4) is 0 Å². The minimum Gasteiger partial charge on any atom is -0.309 e. The van der Waals surface area contributed by atoms with E-state index in [0.29, 0.717) is 16.0 Å². The van der Waals surface area contributed by atoms with Crippen LogP contribution in [-0.2, 0) is 17.6 Å². The highest BCUT2D eigenvalue weighted by Crippen LogP contribution is 2.25. The molecule has 0 saturated heterocycles. The Morgan fingerprint density at radius 1 is 1.31 bits per heavy atom. The van der Waals surface area contributed by atoms with E-state index in [1.165, 1.54) is 16.9 Å². The van der Waals surface area contributed by atoms with Crippen molar-refractivity contribution in [2.45, 2.75) is 33.6 Å². The first kappa shape index (κ1) is 18.0. The van der Waals surface area contributed by atoms with Gasteiger partial charge in [0, 0.05) is 4.88 Å². The number of amides is 1. The molecule has 1 amide bonds. The second-order valence-electron chi connectivity index (χ2n) is 6.04. The molecule has 0 aliphatic rings. The van der Waals surface area contributed by atoms with Crippen LogP contribution >= 0.6 is 11.3 Å². The fraction of sp³-hybridized carbons (Fsp3) is 0.263. The monoisotopic (exact) mass is 368 g/mol. The molecule has 0 aliphatic carbocycles. The number of thiophene rings is 1. The van der Waals surface area contributed by atoms with Crippen LogP contribution in [0.4, 0.5) is 0 Å². The lowest BCUT2D eigenvalue weighted by molar-refractivity contribution is -0.120. The van der Waals surface area contributed by atoms with E-state index in [4.69, 9.17) is 0 Å². The largest absolute Gasteiger partial charge is 0.309 e. The predicted molar refractivity (Wildman–Crippen MR) is 105 cm³/mol. The molecule has 2 N–H and O–H groups in total. The van der Waals surface area contributed by atoms with E-state index in [1.54, 1.807) is 6.21 Å². The third kappa shape index (κ3) is 3.88. The maximum absolute atomic E-state index is 12.2. The lowest BCUT2D eigenvalue weighted by Crippen LogP contribution is -2.23. The SMILES string of the molecule is CCc1ccc(/C=N/NC(=O)Cc2nc3sc(C)c(C)c3c(=O)[nH]2)cc1. The zero-order chi connectivity index (χ0) is 18.7. The average Bonchev–Trinajstić information content (AvgIpc) is 2.90.